The van der Waals surface area contributed by atoms with Gasteiger partial charge in [-0.05, 0) is 189 Å². The van der Waals surface area contributed by atoms with Crippen LogP contribution >= 0.6 is 22.6 Å². The van der Waals surface area contributed by atoms with Crippen LogP contribution < -0.4 is 5.73 Å². The Morgan fingerprint density at radius 1 is 0.440 bits per heavy atom. The van der Waals surface area contributed by atoms with Crippen LogP contribution in [0.25, 0.3) is 83.1 Å². The van der Waals surface area contributed by atoms with Crippen molar-refractivity contribution in [1.29, 1.82) is 0 Å². The Balaban J connectivity index is 0.815. The summed E-state index contributed by atoms with van der Waals surface area (Å²) in [5, 5.41) is 2.46. The van der Waals surface area contributed by atoms with Crippen LogP contribution in [0.15, 0.2) is 243 Å². The van der Waals surface area contributed by atoms with Crippen LogP contribution in [-0.2, 0) is 11.8 Å². The third kappa shape index (κ3) is 6.31. The first-order chi connectivity index (χ1) is 37.0. The van der Waals surface area contributed by atoms with Gasteiger partial charge >= 0.3 is 0 Å². The van der Waals surface area contributed by atoms with Crippen molar-refractivity contribution in [2.45, 2.75) is 36.0 Å². The van der Waals surface area contributed by atoms with E-state index in [0.717, 1.165) is 21.4 Å². The van der Waals surface area contributed by atoms with Crippen molar-refractivity contribution in [2.75, 3.05) is 5.73 Å². The lowest BCUT2D eigenvalue weighted by molar-refractivity contribution is 0.777. The van der Waals surface area contributed by atoms with Crippen molar-refractivity contribution >= 4 is 50.1 Å². The first-order valence-electron chi connectivity index (χ1n) is 26.5. The Kier molecular flexibility index (Phi) is 9.43. The third-order valence-corrected chi connectivity index (χ3v) is 18.5. The van der Waals surface area contributed by atoms with Gasteiger partial charge in [0.05, 0.1) is 22.1 Å². The summed E-state index contributed by atoms with van der Waals surface area (Å²) in [5.74, 6) is 1.34. The summed E-state index contributed by atoms with van der Waals surface area (Å²) < 4.78 is 3.53. The smallest absolute Gasteiger partial charge is 0.0725 e. The van der Waals surface area contributed by atoms with E-state index in [2.05, 4.69) is 264 Å². The molecule has 354 valence electrons. The van der Waals surface area contributed by atoms with E-state index in [-0.39, 0.29) is 11.3 Å². The van der Waals surface area contributed by atoms with E-state index >= 15 is 0 Å². The standard InChI is InChI=1S/C72H49IN2/c73-67-36-34-49(74)41-70(67)75-68-23-10-6-17-57(68)61-40-48(33-37-69(61)75)44-25-27-46(28-26-44)59(47-31-29-45(30-32-47)50-18-11-19-58-51-12-1-2-13-52(51)60-42-62(60)71(50)58)38-43-24-35-56-55-16-5-9-22-65(55)72(66(56)39-43)63-20-7-3-14-53(63)54-15-4-8-21-64(54)72/h1-37,39-41,59-60,62H,38,42,74H2. The van der Waals surface area contributed by atoms with E-state index in [4.69, 9.17) is 5.73 Å². The van der Waals surface area contributed by atoms with Crippen LogP contribution in [0.2, 0.25) is 0 Å². The normalized spacial score (nSPS) is 16.2. The van der Waals surface area contributed by atoms with E-state index in [0.29, 0.717) is 11.8 Å². The highest BCUT2D eigenvalue weighted by molar-refractivity contribution is 14.1. The molecule has 1 saturated carbocycles. The summed E-state index contributed by atoms with van der Waals surface area (Å²) in [6, 6.07) is 91.8. The summed E-state index contributed by atoms with van der Waals surface area (Å²) in [6.07, 6.45) is 2.10. The molecule has 1 heterocycles. The zero-order chi connectivity index (χ0) is 49.5. The van der Waals surface area contributed by atoms with Crippen molar-refractivity contribution in [3.8, 4) is 61.3 Å². The third-order valence-electron chi connectivity index (χ3n) is 17.6. The molecule has 0 bridgehead atoms. The Labute approximate surface area is 450 Å². The zero-order valence-electron chi connectivity index (χ0n) is 41.1. The highest BCUT2D eigenvalue weighted by Gasteiger charge is 2.51. The predicted octanol–water partition coefficient (Wildman–Crippen LogP) is 18.3. The fourth-order valence-corrected chi connectivity index (χ4v) is 14.8. The predicted molar refractivity (Wildman–Crippen MR) is 319 cm³/mol. The minimum atomic E-state index is -0.385. The van der Waals surface area contributed by atoms with Crippen LogP contribution in [0.3, 0.4) is 0 Å². The molecule has 1 spiro atoms. The number of benzene rings is 11. The van der Waals surface area contributed by atoms with Gasteiger partial charge in [-0.15, -0.1) is 0 Å². The van der Waals surface area contributed by atoms with Gasteiger partial charge in [0, 0.05) is 25.9 Å². The molecule has 4 aliphatic carbocycles. The molecule has 75 heavy (non-hydrogen) atoms. The number of halogens is 1. The lowest BCUT2D eigenvalue weighted by atomic mass is 9.70. The molecule has 12 aromatic rings. The molecule has 3 atom stereocenters. The molecule has 11 aromatic carbocycles. The van der Waals surface area contributed by atoms with Crippen molar-refractivity contribution < 1.29 is 0 Å². The molecular formula is C72H49IN2. The zero-order valence-corrected chi connectivity index (χ0v) is 43.3. The molecule has 2 N–H and O–H groups in total. The van der Waals surface area contributed by atoms with Gasteiger partial charge in [-0.2, -0.15) is 0 Å². The van der Waals surface area contributed by atoms with Gasteiger partial charge in [0.1, 0.15) is 0 Å². The molecule has 16 rings (SSSR count). The number of anilines is 1. The number of fused-ring (bicyclic) bond motifs is 19. The van der Waals surface area contributed by atoms with Gasteiger partial charge in [0.2, 0.25) is 0 Å². The lowest BCUT2D eigenvalue weighted by Gasteiger charge is -2.31. The average molecular weight is 1070 g/mol. The maximum Gasteiger partial charge on any atom is 0.0725 e. The molecule has 1 aromatic heterocycles. The fourth-order valence-electron chi connectivity index (χ4n) is 14.2. The maximum atomic E-state index is 6.38. The quantitative estimate of drug-likeness (QED) is 0.125. The number of para-hydroxylation sites is 1. The van der Waals surface area contributed by atoms with Crippen LogP contribution in [0, 0.1) is 3.57 Å². The molecule has 3 heteroatoms. The van der Waals surface area contributed by atoms with Crippen LogP contribution in [0.1, 0.15) is 74.2 Å². The number of nitrogen functional groups attached to an aromatic ring is 1. The molecule has 0 saturated heterocycles. The summed E-state index contributed by atoms with van der Waals surface area (Å²) >= 11 is 2.43. The fraction of sp³-hybridized carbons (Fsp3) is 0.0833. The molecule has 0 radical (unpaired) electrons. The van der Waals surface area contributed by atoms with Gasteiger partial charge in [0.15, 0.2) is 0 Å². The number of hydrogen-bond acceptors (Lipinski definition) is 1. The Morgan fingerprint density at radius 3 is 1.73 bits per heavy atom. The Hall–Kier alpha value is -8.25. The van der Waals surface area contributed by atoms with Gasteiger partial charge in [0.25, 0.3) is 0 Å². The molecule has 0 aliphatic heterocycles. The van der Waals surface area contributed by atoms with E-state index in [1.54, 1.807) is 0 Å². The van der Waals surface area contributed by atoms with Crippen molar-refractivity contribution in [1.82, 2.24) is 4.57 Å². The summed E-state index contributed by atoms with van der Waals surface area (Å²) in [7, 11) is 0. The minimum Gasteiger partial charge on any atom is -0.399 e. The summed E-state index contributed by atoms with van der Waals surface area (Å²) in [6.45, 7) is 0. The molecule has 4 aliphatic rings. The SMILES string of the molecule is Nc1ccc(I)c(-n2c3ccccc3c3cc(-c4ccc(C(Cc5ccc6c(c5)C5(c7ccccc7-c7ccccc75)c5ccccc5-6)c5ccc(-c6cccc7c6C6CC6c6ccccc6-7)cc5)cc4)ccc32)c1. The Morgan fingerprint density at radius 2 is 1.01 bits per heavy atom. The molecule has 0 amide bonds. The van der Waals surface area contributed by atoms with E-state index in [1.807, 2.05) is 6.07 Å². The largest absolute Gasteiger partial charge is 0.399 e. The van der Waals surface area contributed by atoms with Gasteiger partial charge < -0.3 is 10.3 Å². The van der Waals surface area contributed by atoms with Gasteiger partial charge in [-0.1, -0.05) is 206 Å². The number of nitrogens with two attached hydrogens (primary N) is 1. The van der Waals surface area contributed by atoms with E-state index < -0.39 is 0 Å². The summed E-state index contributed by atoms with van der Waals surface area (Å²) in [5.41, 5.74) is 36.0. The van der Waals surface area contributed by atoms with E-state index in [1.165, 1.54) is 134 Å². The van der Waals surface area contributed by atoms with Crippen molar-refractivity contribution in [2.24, 2.45) is 0 Å². The second-order valence-electron chi connectivity index (χ2n) is 21.4. The second-order valence-corrected chi connectivity index (χ2v) is 22.5. The monoisotopic (exact) mass is 1070 g/mol. The highest BCUT2D eigenvalue weighted by atomic mass is 127. The Bertz CT molecular complexity index is 4280. The van der Waals surface area contributed by atoms with Gasteiger partial charge in [-0.3, -0.25) is 0 Å². The molecule has 1 fully saturated rings. The highest BCUT2D eigenvalue weighted by Crippen LogP contribution is 2.65. The molecule has 2 nitrogen and oxygen atoms in total. The van der Waals surface area contributed by atoms with Crippen LogP contribution in [-0.4, -0.2) is 4.57 Å². The average Bonchev–Trinajstić information content (AvgIpc) is 4.24. The second kappa shape index (κ2) is 16.4. The van der Waals surface area contributed by atoms with Gasteiger partial charge in [-0.25, -0.2) is 0 Å². The van der Waals surface area contributed by atoms with Crippen molar-refractivity contribution in [3.05, 3.63) is 296 Å². The lowest BCUT2D eigenvalue weighted by Crippen LogP contribution is -2.26. The first kappa shape index (κ1) is 43.2. The summed E-state index contributed by atoms with van der Waals surface area (Å²) in [4.78, 5) is 0. The molecular weight excluding hydrogens is 1020 g/mol. The number of nitrogens with zero attached hydrogens (tertiary/aromatic N) is 1. The number of hydrogen-bond donors (Lipinski definition) is 1. The van der Waals surface area contributed by atoms with Crippen LogP contribution in [0.4, 0.5) is 5.69 Å². The molecule has 3 unspecified atom stereocenters. The van der Waals surface area contributed by atoms with Crippen molar-refractivity contribution in [3.63, 3.8) is 0 Å². The number of aromatic nitrogens is 1. The maximum absolute atomic E-state index is 6.38. The number of rotatable bonds is 7. The van der Waals surface area contributed by atoms with E-state index in [9.17, 15) is 0 Å². The topological polar surface area (TPSA) is 30.9 Å². The van der Waals surface area contributed by atoms with Crippen LogP contribution in [0.5, 0.6) is 0 Å². The minimum absolute atomic E-state index is 0.111. The first-order valence-corrected chi connectivity index (χ1v) is 27.5.